The zero-order valence-corrected chi connectivity index (χ0v) is 10.1. The van der Waals surface area contributed by atoms with Gasteiger partial charge in [-0.15, -0.1) is 0 Å². The van der Waals surface area contributed by atoms with Gasteiger partial charge in [0.2, 0.25) is 0 Å². The molecular weight excluding hydrogens is 240 g/mol. The van der Waals surface area contributed by atoms with Crippen molar-refractivity contribution in [2.45, 2.75) is 13.5 Å². The van der Waals surface area contributed by atoms with Gasteiger partial charge in [-0.05, 0) is 31.3 Å². The maximum absolute atomic E-state index is 11.8. The molecule has 2 heterocycles. The van der Waals surface area contributed by atoms with Crippen LogP contribution in [0.1, 0.15) is 12.7 Å². The zero-order valence-electron chi connectivity index (χ0n) is 9.28. The molecule has 0 radical (unpaired) electrons. The largest absolute Gasteiger partial charge is 0.466 e. The summed E-state index contributed by atoms with van der Waals surface area (Å²) in [6.07, 6.45) is 1.54. The zero-order chi connectivity index (χ0) is 12.3. The summed E-state index contributed by atoms with van der Waals surface area (Å²) in [5.74, 6) is 0.241. The van der Waals surface area contributed by atoms with Crippen molar-refractivity contribution in [2.75, 3.05) is 6.54 Å². The third-order valence-corrected chi connectivity index (χ3v) is 2.60. The van der Waals surface area contributed by atoms with Crippen molar-refractivity contribution in [3.05, 3.63) is 35.4 Å². The second-order valence-electron chi connectivity index (χ2n) is 3.57. The molecule has 0 spiro atoms. The summed E-state index contributed by atoms with van der Waals surface area (Å²) < 4.78 is 10.2. The van der Waals surface area contributed by atoms with Crippen LogP contribution in [0.2, 0.25) is 0 Å². The predicted molar refractivity (Wildman–Crippen MR) is 64.9 cm³/mol. The van der Waals surface area contributed by atoms with Crippen LogP contribution in [0.25, 0.3) is 0 Å². The molecule has 5 nitrogen and oxygen atoms in total. The molecule has 1 aliphatic rings. The lowest BCUT2D eigenvalue weighted by Gasteiger charge is -2.20. The number of nitrogens with one attached hydrogen (secondary N) is 2. The van der Waals surface area contributed by atoms with Gasteiger partial charge in [0.1, 0.15) is 12.4 Å². The van der Waals surface area contributed by atoms with Gasteiger partial charge >= 0.3 is 5.97 Å². The van der Waals surface area contributed by atoms with Gasteiger partial charge in [-0.2, -0.15) is 0 Å². The molecule has 2 rings (SSSR count). The van der Waals surface area contributed by atoms with Crippen LogP contribution < -0.4 is 10.6 Å². The van der Waals surface area contributed by atoms with E-state index in [1.54, 1.807) is 19.1 Å². The lowest BCUT2D eigenvalue weighted by molar-refractivity contribution is -0.141. The number of allylic oxidation sites excluding steroid dienone is 1. The van der Waals surface area contributed by atoms with Crippen molar-refractivity contribution in [3.8, 4) is 0 Å². The minimum Gasteiger partial charge on any atom is -0.466 e. The molecule has 2 N–H and O–H groups in total. The lowest BCUT2D eigenvalue weighted by atomic mass is 10.2. The Morgan fingerprint density at radius 1 is 1.65 bits per heavy atom. The molecule has 0 aliphatic carbocycles. The molecule has 90 valence electrons. The fraction of sp³-hybridized carbons (Fsp3) is 0.273. The molecule has 17 heavy (non-hydrogen) atoms. The van der Waals surface area contributed by atoms with Gasteiger partial charge in [-0.3, -0.25) is 0 Å². The molecule has 0 amide bonds. The van der Waals surface area contributed by atoms with E-state index in [0.717, 1.165) is 5.70 Å². The summed E-state index contributed by atoms with van der Waals surface area (Å²) in [6, 6.07) is 3.50. The molecule has 0 saturated carbocycles. The minimum atomic E-state index is -0.374. The molecule has 0 saturated heterocycles. The van der Waals surface area contributed by atoms with Crippen LogP contribution in [0.3, 0.4) is 0 Å². The lowest BCUT2D eigenvalue weighted by Crippen LogP contribution is -2.42. The number of carbonyl (C=O) groups excluding carboxylic acids is 1. The molecular formula is C11H12N2O3S. The van der Waals surface area contributed by atoms with Gasteiger partial charge in [0.25, 0.3) is 0 Å². The first kappa shape index (κ1) is 11.7. The average Bonchev–Trinajstić information content (AvgIpc) is 2.78. The third-order valence-electron chi connectivity index (χ3n) is 2.35. The number of carbonyl (C=O) groups is 1. The van der Waals surface area contributed by atoms with Crippen molar-refractivity contribution in [2.24, 2.45) is 0 Å². The standard InChI is InChI=1S/C11H12N2O3S/c1-7-9(5-12-11(17)13-7)10(14)16-6-8-3-2-4-15-8/h2-4H,5-6H2,1H3,(H2,12,13,17). The Hall–Kier alpha value is -1.82. The molecule has 1 aliphatic heterocycles. The summed E-state index contributed by atoms with van der Waals surface area (Å²) in [5, 5.41) is 6.27. The molecule has 0 fully saturated rings. The third kappa shape index (κ3) is 2.85. The Bertz CT molecular complexity index is 465. The second-order valence-corrected chi connectivity index (χ2v) is 3.97. The number of hydrogen-bond donors (Lipinski definition) is 2. The van der Waals surface area contributed by atoms with Crippen LogP contribution in [-0.4, -0.2) is 17.6 Å². The fourth-order valence-electron chi connectivity index (χ4n) is 1.43. The number of furan rings is 1. The molecule has 0 bridgehead atoms. The van der Waals surface area contributed by atoms with Gasteiger partial charge in [-0.1, -0.05) is 0 Å². The first-order valence-electron chi connectivity index (χ1n) is 5.11. The van der Waals surface area contributed by atoms with E-state index in [2.05, 4.69) is 10.6 Å². The van der Waals surface area contributed by atoms with Crippen LogP contribution in [0.15, 0.2) is 34.1 Å². The number of thiocarbonyl (C=S) groups is 1. The van der Waals surface area contributed by atoms with Crippen molar-refractivity contribution in [1.29, 1.82) is 0 Å². The van der Waals surface area contributed by atoms with E-state index in [4.69, 9.17) is 21.4 Å². The van der Waals surface area contributed by atoms with E-state index in [-0.39, 0.29) is 12.6 Å². The highest BCUT2D eigenvalue weighted by molar-refractivity contribution is 7.80. The van der Waals surface area contributed by atoms with Gasteiger partial charge in [0.15, 0.2) is 5.11 Å². The van der Waals surface area contributed by atoms with E-state index in [9.17, 15) is 4.79 Å². The van der Waals surface area contributed by atoms with E-state index < -0.39 is 0 Å². The summed E-state index contributed by atoms with van der Waals surface area (Å²) in [5.41, 5.74) is 1.27. The molecule has 1 aromatic rings. The minimum absolute atomic E-state index is 0.132. The van der Waals surface area contributed by atoms with Crippen LogP contribution in [0.5, 0.6) is 0 Å². The Kier molecular flexibility index (Phi) is 3.43. The number of hydrogen-bond acceptors (Lipinski definition) is 4. The summed E-state index contributed by atoms with van der Waals surface area (Å²) in [6.45, 7) is 2.30. The smallest absolute Gasteiger partial charge is 0.338 e. The molecule has 0 aromatic carbocycles. The van der Waals surface area contributed by atoms with Crippen LogP contribution in [0, 0.1) is 0 Å². The van der Waals surface area contributed by atoms with E-state index in [0.29, 0.717) is 23.0 Å². The monoisotopic (exact) mass is 252 g/mol. The Labute approximate surface area is 104 Å². The molecule has 0 unspecified atom stereocenters. The van der Waals surface area contributed by atoms with E-state index >= 15 is 0 Å². The van der Waals surface area contributed by atoms with E-state index in [1.165, 1.54) is 6.26 Å². The summed E-state index contributed by atoms with van der Waals surface area (Å²) in [7, 11) is 0. The summed E-state index contributed by atoms with van der Waals surface area (Å²) in [4.78, 5) is 11.8. The average molecular weight is 252 g/mol. The highest BCUT2D eigenvalue weighted by atomic mass is 32.1. The van der Waals surface area contributed by atoms with Crippen molar-refractivity contribution in [3.63, 3.8) is 0 Å². The number of ether oxygens (including phenoxy) is 1. The topological polar surface area (TPSA) is 63.5 Å². The van der Waals surface area contributed by atoms with E-state index in [1.807, 2.05) is 0 Å². The van der Waals surface area contributed by atoms with Crippen molar-refractivity contribution >= 4 is 23.3 Å². The summed E-state index contributed by atoms with van der Waals surface area (Å²) >= 11 is 4.93. The Morgan fingerprint density at radius 2 is 2.47 bits per heavy atom. The maximum Gasteiger partial charge on any atom is 0.338 e. The van der Waals surface area contributed by atoms with Gasteiger partial charge in [0, 0.05) is 5.70 Å². The van der Waals surface area contributed by atoms with Gasteiger partial charge in [0.05, 0.1) is 18.4 Å². The maximum atomic E-state index is 11.8. The predicted octanol–water partition coefficient (Wildman–Crippen LogP) is 1.07. The molecule has 6 heteroatoms. The van der Waals surface area contributed by atoms with Crippen molar-refractivity contribution in [1.82, 2.24) is 10.6 Å². The van der Waals surface area contributed by atoms with Crippen LogP contribution >= 0.6 is 12.2 Å². The van der Waals surface area contributed by atoms with Crippen LogP contribution in [0.4, 0.5) is 0 Å². The highest BCUT2D eigenvalue weighted by Gasteiger charge is 2.19. The number of rotatable bonds is 3. The second kappa shape index (κ2) is 5.01. The number of esters is 1. The van der Waals surface area contributed by atoms with Gasteiger partial charge < -0.3 is 19.8 Å². The first-order chi connectivity index (χ1) is 8.16. The van der Waals surface area contributed by atoms with Gasteiger partial charge in [-0.25, -0.2) is 4.79 Å². The first-order valence-corrected chi connectivity index (χ1v) is 5.52. The quantitative estimate of drug-likeness (QED) is 0.620. The Balaban J connectivity index is 1.96. The highest BCUT2D eigenvalue weighted by Crippen LogP contribution is 2.09. The van der Waals surface area contributed by atoms with Crippen LogP contribution in [-0.2, 0) is 16.1 Å². The van der Waals surface area contributed by atoms with Crippen molar-refractivity contribution < 1.29 is 13.9 Å². The molecule has 1 aromatic heterocycles. The fourth-order valence-corrected chi connectivity index (χ4v) is 1.66. The molecule has 0 atom stereocenters. The SMILES string of the molecule is CC1=C(C(=O)OCc2ccco2)CNC(=S)N1. The normalized spacial score (nSPS) is 15.2. The Morgan fingerprint density at radius 3 is 3.12 bits per heavy atom.